The van der Waals surface area contributed by atoms with Crippen molar-refractivity contribution in [3.63, 3.8) is 0 Å². The van der Waals surface area contributed by atoms with E-state index >= 15 is 0 Å². The predicted molar refractivity (Wildman–Crippen MR) is 83.7 cm³/mol. The van der Waals surface area contributed by atoms with Crippen molar-refractivity contribution in [3.05, 3.63) is 12.2 Å². The molecule has 0 radical (unpaired) electrons. The van der Waals surface area contributed by atoms with E-state index in [-0.39, 0.29) is 24.0 Å². The first-order valence-electron chi connectivity index (χ1n) is 8.52. The van der Waals surface area contributed by atoms with Gasteiger partial charge < -0.3 is 14.2 Å². The number of allylic oxidation sites excluding steroid dienone is 2. The lowest BCUT2D eigenvalue weighted by Crippen LogP contribution is -2.51. The fourth-order valence-corrected chi connectivity index (χ4v) is 3.94. The van der Waals surface area contributed by atoms with Crippen LogP contribution in [0.2, 0.25) is 0 Å². The molecule has 23 heavy (non-hydrogen) atoms. The summed E-state index contributed by atoms with van der Waals surface area (Å²) in [5.74, 6) is -0.719. The Morgan fingerprint density at radius 2 is 1.61 bits per heavy atom. The van der Waals surface area contributed by atoms with E-state index in [0.29, 0.717) is 32.1 Å². The lowest BCUT2D eigenvalue weighted by molar-refractivity contribution is -0.174. The molecule has 2 heterocycles. The van der Waals surface area contributed by atoms with Crippen LogP contribution >= 0.6 is 0 Å². The highest BCUT2D eigenvalue weighted by Crippen LogP contribution is 2.46. The van der Waals surface area contributed by atoms with E-state index in [1.165, 1.54) is 0 Å². The van der Waals surface area contributed by atoms with Gasteiger partial charge in [-0.15, -0.1) is 0 Å². The number of hydrogen-bond acceptors (Lipinski definition) is 5. The van der Waals surface area contributed by atoms with Crippen molar-refractivity contribution in [2.75, 3.05) is 0 Å². The standard InChI is InChI=1S/C18H26O5/c1-17(2)22-13-11-18(3)10-12(16(13)23-17)21-15(20)9-7-5-4-6-8-14(18)19/h4-5,12-13,16H,6-11H2,1-3H3/b5-4+/t12-,13-,16+,18+/m1/s1. The quantitative estimate of drug-likeness (QED) is 0.507. The number of hydrogen-bond donors (Lipinski definition) is 0. The van der Waals surface area contributed by atoms with Gasteiger partial charge in [-0.3, -0.25) is 9.59 Å². The van der Waals surface area contributed by atoms with E-state index in [0.717, 1.165) is 6.42 Å². The van der Waals surface area contributed by atoms with Crippen LogP contribution in [-0.4, -0.2) is 35.9 Å². The van der Waals surface area contributed by atoms with Crippen molar-refractivity contribution in [1.29, 1.82) is 0 Å². The van der Waals surface area contributed by atoms with Crippen LogP contribution in [0.1, 0.15) is 59.3 Å². The van der Waals surface area contributed by atoms with E-state index in [1.807, 2.05) is 32.9 Å². The number of esters is 1. The fraction of sp³-hybridized carbons (Fsp3) is 0.778. The third-order valence-corrected chi connectivity index (χ3v) is 5.07. The summed E-state index contributed by atoms with van der Waals surface area (Å²) >= 11 is 0. The molecule has 3 aliphatic rings. The number of carbonyl (C=O) groups excluding carboxylic acids is 2. The second-order valence-corrected chi connectivity index (χ2v) is 7.61. The van der Waals surface area contributed by atoms with Crippen LogP contribution in [0.3, 0.4) is 0 Å². The fourth-order valence-electron chi connectivity index (χ4n) is 3.94. The summed E-state index contributed by atoms with van der Waals surface area (Å²) in [5.41, 5.74) is -0.525. The first kappa shape index (κ1) is 16.7. The van der Waals surface area contributed by atoms with Crippen molar-refractivity contribution in [1.82, 2.24) is 0 Å². The highest BCUT2D eigenvalue weighted by atomic mass is 16.8. The predicted octanol–water partition coefficient (Wildman–Crippen LogP) is 2.92. The summed E-state index contributed by atoms with van der Waals surface area (Å²) in [7, 11) is 0. The van der Waals surface area contributed by atoms with Crippen LogP contribution in [-0.2, 0) is 23.8 Å². The summed E-state index contributed by atoms with van der Waals surface area (Å²) in [5, 5.41) is 0. The number of ether oxygens (including phenoxy) is 3. The maximum Gasteiger partial charge on any atom is 0.306 e. The Morgan fingerprint density at radius 3 is 2.35 bits per heavy atom. The van der Waals surface area contributed by atoms with Gasteiger partial charge >= 0.3 is 5.97 Å². The Kier molecular flexibility index (Phi) is 4.36. The summed E-state index contributed by atoms with van der Waals surface area (Å²) in [6, 6.07) is 0. The molecule has 2 fully saturated rings. The average Bonchev–Trinajstić information content (AvgIpc) is 2.75. The van der Waals surface area contributed by atoms with Gasteiger partial charge in [0, 0.05) is 18.3 Å². The zero-order chi connectivity index (χ0) is 16.7. The van der Waals surface area contributed by atoms with Crippen molar-refractivity contribution in [2.24, 2.45) is 5.41 Å². The molecule has 3 rings (SSSR count). The Morgan fingerprint density at radius 1 is 0.957 bits per heavy atom. The zero-order valence-corrected chi connectivity index (χ0v) is 14.2. The van der Waals surface area contributed by atoms with Crippen LogP contribution in [0, 0.1) is 5.41 Å². The average molecular weight is 322 g/mol. The second-order valence-electron chi connectivity index (χ2n) is 7.61. The molecule has 2 bridgehead atoms. The Hall–Kier alpha value is -1.20. The summed E-state index contributed by atoms with van der Waals surface area (Å²) < 4.78 is 17.6. The lowest BCUT2D eigenvalue weighted by Gasteiger charge is -2.41. The Labute approximate surface area is 137 Å². The molecule has 128 valence electrons. The topological polar surface area (TPSA) is 61.8 Å². The first-order valence-corrected chi connectivity index (χ1v) is 8.52. The zero-order valence-electron chi connectivity index (χ0n) is 14.2. The minimum atomic E-state index is -0.705. The van der Waals surface area contributed by atoms with E-state index in [2.05, 4.69) is 0 Å². The molecule has 0 aromatic heterocycles. The van der Waals surface area contributed by atoms with Gasteiger partial charge in [0.2, 0.25) is 0 Å². The number of rotatable bonds is 0. The van der Waals surface area contributed by atoms with Crippen LogP contribution < -0.4 is 0 Å². The lowest BCUT2D eigenvalue weighted by atomic mass is 9.68. The summed E-state index contributed by atoms with van der Waals surface area (Å²) in [6.07, 6.45) is 6.43. The number of ketones is 1. The highest BCUT2D eigenvalue weighted by Gasteiger charge is 2.55. The smallest absolute Gasteiger partial charge is 0.306 e. The van der Waals surface area contributed by atoms with Crippen LogP contribution in [0.25, 0.3) is 0 Å². The maximum absolute atomic E-state index is 12.7. The van der Waals surface area contributed by atoms with Gasteiger partial charge in [-0.2, -0.15) is 0 Å². The number of carbonyl (C=O) groups is 2. The van der Waals surface area contributed by atoms with Gasteiger partial charge in [-0.25, -0.2) is 0 Å². The molecule has 0 N–H and O–H groups in total. The molecule has 0 unspecified atom stereocenters. The molecule has 0 spiro atoms. The molecule has 2 aliphatic heterocycles. The van der Waals surface area contributed by atoms with Crippen LogP contribution in [0.4, 0.5) is 0 Å². The molecule has 1 saturated carbocycles. The van der Waals surface area contributed by atoms with Crippen molar-refractivity contribution < 1.29 is 23.8 Å². The van der Waals surface area contributed by atoms with Gasteiger partial charge in [0.15, 0.2) is 5.79 Å². The first-order chi connectivity index (χ1) is 10.8. The van der Waals surface area contributed by atoms with Gasteiger partial charge in [0.25, 0.3) is 0 Å². The van der Waals surface area contributed by atoms with Crippen LogP contribution in [0.15, 0.2) is 12.2 Å². The minimum Gasteiger partial charge on any atom is -0.459 e. The largest absolute Gasteiger partial charge is 0.459 e. The molecule has 0 amide bonds. The molecule has 0 aromatic rings. The van der Waals surface area contributed by atoms with Gasteiger partial charge in [-0.1, -0.05) is 19.1 Å². The number of fused-ring (bicyclic) bond motifs is 4. The van der Waals surface area contributed by atoms with Gasteiger partial charge in [0.1, 0.15) is 18.0 Å². The third kappa shape index (κ3) is 3.50. The number of Topliss-reactive ketones (excluding diaryl/α,β-unsaturated/α-hetero) is 1. The second kappa shape index (κ2) is 6.02. The van der Waals surface area contributed by atoms with Crippen molar-refractivity contribution >= 4 is 11.8 Å². The monoisotopic (exact) mass is 322 g/mol. The third-order valence-electron chi connectivity index (χ3n) is 5.07. The Bertz CT molecular complexity index is 524. The molecule has 0 aromatic carbocycles. The van der Waals surface area contributed by atoms with Crippen molar-refractivity contribution in [3.8, 4) is 0 Å². The van der Waals surface area contributed by atoms with Crippen molar-refractivity contribution in [2.45, 2.75) is 83.4 Å². The molecule has 1 aliphatic carbocycles. The van der Waals surface area contributed by atoms with E-state index in [1.54, 1.807) is 0 Å². The van der Waals surface area contributed by atoms with Gasteiger partial charge in [0.05, 0.1) is 6.10 Å². The van der Waals surface area contributed by atoms with Crippen LogP contribution in [0.5, 0.6) is 0 Å². The molecule has 1 saturated heterocycles. The molecule has 4 atom stereocenters. The SMILES string of the molecule is CC1(C)O[C@H]2[C@H]3C[C@@](C)(C[C@H]2O1)C(=O)CC/C=C/CCC(=O)O3. The van der Waals surface area contributed by atoms with E-state index < -0.39 is 17.3 Å². The van der Waals surface area contributed by atoms with E-state index in [4.69, 9.17) is 14.2 Å². The molecule has 5 nitrogen and oxygen atoms in total. The molecular weight excluding hydrogens is 296 g/mol. The summed E-state index contributed by atoms with van der Waals surface area (Å²) in [4.78, 5) is 24.8. The van der Waals surface area contributed by atoms with E-state index in [9.17, 15) is 9.59 Å². The maximum atomic E-state index is 12.7. The highest BCUT2D eigenvalue weighted by molar-refractivity contribution is 5.85. The van der Waals surface area contributed by atoms with Gasteiger partial charge in [-0.05, 0) is 39.5 Å². The minimum absolute atomic E-state index is 0.205. The Balaban J connectivity index is 1.88. The normalized spacial score (nSPS) is 42.1. The summed E-state index contributed by atoms with van der Waals surface area (Å²) in [6.45, 7) is 5.69. The molecule has 5 heteroatoms. The molecular formula is C18H26O5.